The van der Waals surface area contributed by atoms with Gasteiger partial charge in [-0.1, -0.05) is 26.0 Å². The minimum absolute atomic E-state index is 0.192. The summed E-state index contributed by atoms with van der Waals surface area (Å²) in [7, 11) is 1.47. The number of hydrogen-bond acceptors (Lipinski definition) is 6. The number of anilines is 1. The maximum absolute atomic E-state index is 12.2. The Kier molecular flexibility index (Phi) is 9.70. The smallest absolute Gasteiger partial charge is 0.329 e. The number of nitrogens with one attached hydrogen (secondary N) is 3. The minimum atomic E-state index is -0.850. The number of hydrazone groups is 1. The van der Waals surface area contributed by atoms with Crippen LogP contribution in [-0.2, 0) is 20.8 Å². The lowest BCUT2D eigenvalue weighted by molar-refractivity contribution is -0.139. The van der Waals surface area contributed by atoms with Crippen molar-refractivity contribution in [3.05, 3.63) is 53.6 Å². The van der Waals surface area contributed by atoms with Gasteiger partial charge in [0.15, 0.2) is 18.1 Å². The van der Waals surface area contributed by atoms with E-state index < -0.39 is 11.8 Å². The standard InChI is InChI=1S/C23H28N4O5/c1-4-12-24-22(29)23(30)27-25-14-17-8-11-19(20(13-17)31-3)32-15-21(28)26-18-9-6-16(5-2)7-10-18/h6-11,13-14H,4-5,12,15H2,1-3H3,(H,24,29)(H,26,28)(H,27,30)/b25-14-. The number of methoxy groups -OCH3 is 1. The highest BCUT2D eigenvalue weighted by Crippen LogP contribution is 2.27. The molecule has 0 saturated heterocycles. The summed E-state index contributed by atoms with van der Waals surface area (Å²) in [6.07, 6.45) is 3.02. The van der Waals surface area contributed by atoms with E-state index >= 15 is 0 Å². The summed E-state index contributed by atoms with van der Waals surface area (Å²) in [5.41, 5.74) is 4.64. The average Bonchev–Trinajstić information content (AvgIpc) is 2.81. The zero-order valence-corrected chi connectivity index (χ0v) is 18.4. The van der Waals surface area contributed by atoms with Crippen molar-refractivity contribution in [3.63, 3.8) is 0 Å². The molecule has 0 aromatic heterocycles. The van der Waals surface area contributed by atoms with E-state index in [9.17, 15) is 14.4 Å². The van der Waals surface area contributed by atoms with E-state index in [0.29, 0.717) is 29.3 Å². The van der Waals surface area contributed by atoms with Crippen molar-refractivity contribution >= 4 is 29.6 Å². The first-order valence-corrected chi connectivity index (χ1v) is 10.3. The Balaban J connectivity index is 1.89. The van der Waals surface area contributed by atoms with Gasteiger partial charge in [-0.15, -0.1) is 0 Å². The largest absolute Gasteiger partial charge is 0.493 e. The third-order valence-corrected chi connectivity index (χ3v) is 4.31. The summed E-state index contributed by atoms with van der Waals surface area (Å²) < 4.78 is 10.9. The topological polar surface area (TPSA) is 118 Å². The zero-order chi connectivity index (χ0) is 23.3. The second-order valence-corrected chi connectivity index (χ2v) is 6.75. The normalized spacial score (nSPS) is 10.5. The van der Waals surface area contributed by atoms with Gasteiger partial charge in [-0.3, -0.25) is 14.4 Å². The van der Waals surface area contributed by atoms with Crippen LogP contribution < -0.4 is 25.5 Å². The molecule has 0 atom stereocenters. The first kappa shape index (κ1) is 24.4. The van der Waals surface area contributed by atoms with Gasteiger partial charge in [0.1, 0.15) is 0 Å². The third kappa shape index (κ3) is 7.75. The van der Waals surface area contributed by atoms with Gasteiger partial charge in [-0.25, -0.2) is 5.43 Å². The molecular weight excluding hydrogens is 412 g/mol. The Bertz CT molecular complexity index is 957. The third-order valence-electron chi connectivity index (χ3n) is 4.31. The summed E-state index contributed by atoms with van der Waals surface area (Å²) in [5.74, 6) is -1.13. The first-order chi connectivity index (χ1) is 15.5. The van der Waals surface area contributed by atoms with Gasteiger partial charge in [0, 0.05) is 12.2 Å². The van der Waals surface area contributed by atoms with E-state index in [1.807, 2.05) is 31.2 Å². The lowest BCUT2D eigenvalue weighted by Gasteiger charge is -2.11. The molecule has 0 spiro atoms. The highest BCUT2D eigenvalue weighted by atomic mass is 16.5. The van der Waals surface area contributed by atoms with Crippen molar-refractivity contribution in [2.75, 3.05) is 25.6 Å². The van der Waals surface area contributed by atoms with Crippen LogP contribution in [0.2, 0.25) is 0 Å². The highest BCUT2D eigenvalue weighted by molar-refractivity contribution is 6.35. The summed E-state index contributed by atoms with van der Waals surface area (Å²) >= 11 is 0. The zero-order valence-electron chi connectivity index (χ0n) is 18.4. The van der Waals surface area contributed by atoms with E-state index in [1.54, 1.807) is 18.2 Å². The highest BCUT2D eigenvalue weighted by Gasteiger charge is 2.11. The number of aryl methyl sites for hydroxylation is 1. The maximum atomic E-state index is 12.2. The van der Waals surface area contributed by atoms with Crippen LogP contribution in [0, 0.1) is 0 Å². The Morgan fingerprint density at radius 2 is 1.75 bits per heavy atom. The molecular formula is C23H28N4O5. The predicted octanol–water partition coefficient (Wildman–Crippen LogP) is 2.25. The SMILES string of the molecule is CCCNC(=O)C(=O)N/N=C\c1ccc(OCC(=O)Nc2ccc(CC)cc2)c(OC)c1. The molecule has 170 valence electrons. The number of carbonyl (C=O) groups excluding carboxylic acids is 3. The molecule has 3 amide bonds. The maximum Gasteiger partial charge on any atom is 0.329 e. The van der Waals surface area contributed by atoms with Gasteiger partial charge in [0.2, 0.25) is 0 Å². The van der Waals surface area contributed by atoms with E-state index in [2.05, 4.69) is 28.1 Å². The molecule has 2 rings (SSSR count). The first-order valence-electron chi connectivity index (χ1n) is 10.3. The molecule has 0 radical (unpaired) electrons. The van der Waals surface area contributed by atoms with Gasteiger partial charge in [0.05, 0.1) is 13.3 Å². The second kappa shape index (κ2) is 12.7. The number of rotatable bonds is 10. The molecule has 0 saturated carbocycles. The van der Waals surface area contributed by atoms with Crippen molar-refractivity contribution < 1.29 is 23.9 Å². The molecule has 0 aliphatic heterocycles. The van der Waals surface area contributed by atoms with Crippen molar-refractivity contribution in [1.82, 2.24) is 10.7 Å². The van der Waals surface area contributed by atoms with Gasteiger partial charge in [-0.2, -0.15) is 5.10 Å². The van der Waals surface area contributed by atoms with Crippen molar-refractivity contribution in [1.29, 1.82) is 0 Å². The molecule has 0 fully saturated rings. The number of nitrogens with zero attached hydrogens (tertiary/aromatic N) is 1. The fraction of sp³-hybridized carbons (Fsp3) is 0.304. The lowest BCUT2D eigenvalue weighted by Crippen LogP contribution is -2.38. The van der Waals surface area contributed by atoms with Crippen LogP contribution in [0.5, 0.6) is 11.5 Å². The Labute approximate surface area is 187 Å². The molecule has 0 heterocycles. The van der Waals surface area contributed by atoms with Crippen LogP contribution in [0.3, 0.4) is 0 Å². The van der Waals surface area contributed by atoms with E-state index in [4.69, 9.17) is 9.47 Å². The molecule has 0 bridgehead atoms. The Morgan fingerprint density at radius 1 is 1.00 bits per heavy atom. The van der Waals surface area contributed by atoms with Crippen molar-refractivity contribution in [3.8, 4) is 11.5 Å². The number of hydrogen-bond donors (Lipinski definition) is 3. The predicted molar refractivity (Wildman–Crippen MR) is 122 cm³/mol. The molecule has 0 aliphatic rings. The number of benzene rings is 2. The Morgan fingerprint density at radius 3 is 2.41 bits per heavy atom. The summed E-state index contributed by atoms with van der Waals surface area (Å²) in [6.45, 7) is 4.17. The van der Waals surface area contributed by atoms with Crippen LogP contribution in [0.25, 0.3) is 0 Å². The second-order valence-electron chi connectivity index (χ2n) is 6.75. The fourth-order valence-electron chi connectivity index (χ4n) is 2.58. The molecule has 0 aliphatic carbocycles. The van der Waals surface area contributed by atoms with E-state index in [-0.39, 0.29) is 12.5 Å². The Hall–Kier alpha value is -3.88. The van der Waals surface area contributed by atoms with Crippen LogP contribution in [0.15, 0.2) is 47.6 Å². The molecule has 32 heavy (non-hydrogen) atoms. The number of carbonyl (C=O) groups is 3. The molecule has 0 unspecified atom stereocenters. The molecule has 2 aromatic rings. The van der Waals surface area contributed by atoms with Gasteiger partial charge in [-0.05, 0) is 54.3 Å². The van der Waals surface area contributed by atoms with Crippen LogP contribution in [0.4, 0.5) is 5.69 Å². The van der Waals surface area contributed by atoms with Gasteiger partial charge >= 0.3 is 11.8 Å². The molecule has 3 N–H and O–H groups in total. The summed E-state index contributed by atoms with van der Waals surface area (Å²) in [6, 6.07) is 12.5. The van der Waals surface area contributed by atoms with Crippen LogP contribution in [-0.4, -0.2) is 44.2 Å². The lowest BCUT2D eigenvalue weighted by atomic mass is 10.1. The van der Waals surface area contributed by atoms with Crippen LogP contribution >= 0.6 is 0 Å². The fourth-order valence-corrected chi connectivity index (χ4v) is 2.58. The minimum Gasteiger partial charge on any atom is -0.493 e. The summed E-state index contributed by atoms with van der Waals surface area (Å²) in [4.78, 5) is 35.3. The molecule has 2 aromatic carbocycles. The molecule has 9 nitrogen and oxygen atoms in total. The van der Waals surface area contributed by atoms with E-state index in [0.717, 1.165) is 12.8 Å². The van der Waals surface area contributed by atoms with E-state index in [1.165, 1.54) is 18.9 Å². The van der Waals surface area contributed by atoms with Crippen molar-refractivity contribution in [2.45, 2.75) is 26.7 Å². The number of ether oxygens (including phenoxy) is 2. The summed E-state index contributed by atoms with van der Waals surface area (Å²) in [5, 5.41) is 8.99. The average molecular weight is 441 g/mol. The van der Waals surface area contributed by atoms with Crippen molar-refractivity contribution in [2.24, 2.45) is 5.10 Å². The number of amides is 3. The molecule has 9 heteroatoms. The quantitative estimate of drug-likeness (QED) is 0.298. The van der Waals surface area contributed by atoms with Crippen LogP contribution in [0.1, 0.15) is 31.4 Å². The van der Waals surface area contributed by atoms with Gasteiger partial charge in [0.25, 0.3) is 5.91 Å². The monoisotopic (exact) mass is 440 g/mol. The van der Waals surface area contributed by atoms with Gasteiger partial charge < -0.3 is 20.1 Å².